The molecule has 0 fully saturated rings. The molecule has 0 aliphatic carbocycles. The minimum atomic E-state index is -0.364. The summed E-state index contributed by atoms with van der Waals surface area (Å²) in [4.78, 5) is 37.6. The molecular formula is C25H30FN5O3S. The third kappa shape index (κ3) is 9.22. The SMILES string of the molecule is CCCCOCCCNC(=O)Cn1cc(Cc2cncnc2)c(=O)nc1SCc1ccc(F)cc1. The maximum absolute atomic E-state index is 13.2. The second-order valence-corrected chi connectivity index (χ2v) is 8.93. The van der Waals surface area contributed by atoms with Crippen LogP contribution in [0.5, 0.6) is 0 Å². The molecule has 0 unspecified atom stereocenters. The van der Waals surface area contributed by atoms with Crippen LogP contribution in [-0.2, 0) is 28.2 Å². The Morgan fingerprint density at radius 3 is 2.60 bits per heavy atom. The zero-order valence-corrected chi connectivity index (χ0v) is 20.6. The first-order valence-corrected chi connectivity index (χ1v) is 12.6. The van der Waals surface area contributed by atoms with E-state index in [1.54, 1.807) is 35.3 Å². The fourth-order valence-corrected chi connectivity index (χ4v) is 4.12. The van der Waals surface area contributed by atoms with Gasteiger partial charge in [0.05, 0.1) is 0 Å². The molecule has 3 aromatic rings. The number of benzene rings is 1. The summed E-state index contributed by atoms with van der Waals surface area (Å²) in [5, 5.41) is 3.32. The van der Waals surface area contributed by atoms with Gasteiger partial charge in [0, 0.05) is 56.1 Å². The maximum Gasteiger partial charge on any atom is 0.277 e. The molecule has 0 saturated carbocycles. The second-order valence-electron chi connectivity index (χ2n) is 7.99. The first-order chi connectivity index (χ1) is 17.0. The highest BCUT2D eigenvalue weighted by atomic mass is 32.2. The monoisotopic (exact) mass is 499 g/mol. The summed E-state index contributed by atoms with van der Waals surface area (Å²) in [7, 11) is 0. The topological polar surface area (TPSA) is 99.0 Å². The number of amides is 1. The molecule has 0 radical (unpaired) electrons. The minimum Gasteiger partial charge on any atom is -0.381 e. The van der Waals surface area contributed by atoms with Crippen molar-refractivity contribution in [3.63, 3.8) is 0 Å². The summed E-state index contributed by atoms with van der Waals surface area (Å²) in [5.74, 6) is -0.00734. The highest BCUT2D eigenvalue weighted by molar-refractivity contribution is 7.98. The van der Waals surface area contributed by atoms with Gasteiger partial charge < -0.3 is 14.6 Å². The molecule has 35 heavy (non-hydrogen) atoms. The molecule has 2 aromatic heterocycles. The molecule has 1 N–H and O–H groups in total. The number of nitrogens with zero attached hydrogens (tertiary/aromatic N) is 4. The van der Waals surface area contributed by atoms with Gasteiger partial charge in [0.2, 0.25) is 5.91 Å². The van der Waals surface area contributed by atoms with Crippen LogP contribution >= 0.6 is 11.8 Å². The van der Waals surface area contributed by atoms with Crippen LogP contribution in [0.3, 0.4) is 0 Å². The van der Waals surface area contributed by atoms with E-state index in [9.17, 15) is 14.0 Å². The third-order valence-electron chi connectivity index (χ3n) is 5.06. The van der Waals surface area contributed by atoms with Crippen molar-refractivity contribution in [1.82, 2.24) is 24.8 Å². The smallest absolute Gasteiger partial charge is 0.277 e. The van der Waals surface area contributed by atoms with Gasteiger partial charge in [-0.3, -0.25) is 9.59 Å². The van der Waals surface area contributed by atoms with Crippen LogP contribution in [-0.4, -0.2) is 45.2 Å². The molecule has 186 valence electrons. The van der Waals surface area contributed by atoms with Crippen molar-refractivity contribution in [2.24, 2.45) is 0 Å². The lowest BCUT2D eigenvalue weighted by Crippen LogP contribution is -2.31. The summed E-state index contributed by atoms with van der Waals surface area (Å²) in [6.07, 6.45) is 9.53. The molecule has 0 aliphatic rings. The van der Waals surface area contributed by atoms with Crippen LogP contribution in [0.25, 0.3) is 0 Å². The normalized spacial score (nSPS) is 10.9. The van der Waals surface area contributed by atoms with Gasteiger partial charge in [-0.15, -0.1) is 0 Å². The summed E-state index contributed by atoms with van der Waals surface area (Å²) in [5.41, 5.74) is 1.74. The number of hydrogen-bond donors (Lipinski definition) is 1. The number of hydrogen-bond acceptors (Lipinski definition) is 7. The molecule has 0 atom stereocenters. The Labute approximate surface area is 208 Å². The summed E-state index contributed by atoms with van der Waals surface area (Å²) >= 11 is 1.32. The van der Waals surface area contributed by atoms with Crippen LogP contribution in [0.1, 0.15) is 42.9 Å². The molecular weight excluding hydrogens is 469 g/mol. The number of rotatable bonds is 14. The second kappa shape index (κ2) is 14.3. The predicted octanol–water partition coefficient (Wildman–Crippen LogP) is 3.38. The molecule has 1 amide bonds. The molecule has 8 nitrogen and oxygen atoms in total. The molecule has 1 aromatic carbocycles. The Hall–Kier alpha value is -3.11. The van der Waals surface area contributed by atoms with Crippen molar-refractivity contribution >= 4 is 17.7 Å². The number of nitrogens with one attached hydrogen (secondary N) is 1. The Kier molecular flexibility index (Phi) is 10.8. The number of unbranched alkanes of at least 4 members (excludes halogenated alkanes) is 1. The maximum atomic E-state index is 13.2. The van der Waals surface area contributed by atoms with Crippen molar-refractivity contribution in [2.75, 3.05) is 19.8 Å². The lowest BCUT2D eigenvalue weighted by Gasteiger charge is -2.14. The molecule has 0 saturated heterocycles. The number of carbonyl (C=O) groups is 1. The number of ether oxygens (including phenoxy) is 1. The van der Waals surface area contributed by atoms with Crippen molar-refractivity contribution in [3.8, 4) is 0 Å². The van der Waals surface area contributed by atoms with Gasteiger partial charge in [0.15, 0.2) is 5.16 Å². The fourth-order valence-electron chi connectivity index (χ4n) is 3.20. The zero-order chi connectivity index (χ0) is 24.9. The van der Waals surface area contributed by atoms with Gasteiger partial charge in [-0.25, -0.2) is 14.4 Å². The fraction of sp³-hybridized carbons (Fsp3) is 0.400. The van der Waals surface area contributed by atoms with Gasteiger partial charge in [-0.05, 0) is 36.1 Å². The van der Waals surface area contributed by atoms with Gasteiger partial charge >= 0.3 is 0 Å². The number of carbonyl (C=O) groups excluding carboxylic acids is 1. The van der Waals surface area contributed by atoms with Crippen molar-refractivity contribution in [2.45, 2.75) is 50.1 Å². The quantitative estimate of drug-likeness (QED) is 0.206. The zero-order valence-electron chi connectivity index (χ0n) is 19.8. The van der Waals surface area contributed by atoms with E-state index < -0.39 is 0 Å². The van der Waals surface area contributed by atoms with E-state index in [1.807, 2.05) is 0 Å². The van der Waals surface area contributed by atoms with Gasteiger partial charge in [0.25, 0.3) is 5.56 Å². The van der Waals surface area contributed by atoms with Crippen LogP contribution < -0.4 is 10.9 Å². The first-order valence-electron chi connectivity index (χ1n) is 11.6. The Bertz CT molecular complexity index is 1130. The Balaban J connectivity index is 1.68. The lowest BCUT2D eigenvalue weighted by molar-refractivity contribution is -0.121. The minimum absolute atomic E-state index is 0.0218. The van der Waals surface area contributed by atoms with Crippen molar-refractivity contribution in [3.05, 3.63) is 82.0 Å². The molecule has 0 spiro atoms. The molecule has 10 heteroatoms. The van der Waals surface area contributed by atoms with E-state index in [0.29, 0.717) is 36.0 Å². The molecule has 0 aliphatic heterocycles. The largest absolute Gasteiger partial charge is 0.381 e. The average molecular weight is 500 g/mol. The van der Waals surface area contributed by atoms with Gasteiger partial charge in [0.1, 0.15) is 18.7 Å². The Morgan fingerprint density at radius 2 is 1.86 bits per heavy atom. The van der Waals surface area contributed by atoms with E-state index in [2.05, 4.69) is 27.2 Å². The van der Waals surface area contributed by atoms with Crippen molar-refractivity contribution in [1.29, 1.82) is 0 Å². The molecule has 0 bridgehead atoms. The van der Waals surface area contributed by atoms with Gasteiger partial charge in [-0.1, -0.05) is 37.2 Å². The van der Waals surface area contributed by atoms with Crippen LogP contribution in [0.2, 0.25) is 0 Å². The lowest BCUT2D eigenvalue weighted by atomic mass is 10.1. The van der Waals surface area contributed by atoms with Gasteiger partial charge in [-0.2, -0.15) is 4.98 Å². The van der Waals surface area contributed by atoms with E-state index >= 15 is 0 Å². The van der Waals surface area contributed by atoms with E-state index in [0.717, 1.165) is 37.0 Å². The Morgan fingerprint density at radius 1 is 1.11 bits per heavy atom. The van der Waals surface area contributed by atoms with E-state index in [-0.39, 0.29) is 23.8 Å². The van der Waals surface area contributed by atoms with Crippen molar-refractivity contribution < 1.29 is 13.9 Å². The van der Waals surface area contributed by atoms with Crippen LogP contribution in [0, 0.1) is 5.82 Å². The highest BCUT2D eigenvalue weighted by Gasteiger charge is 2.13. The van der Waals surface area contributed by atoms with E-state index in [4.69, 9.17) is 4.74 Å². The standard InChI is InChI=1S/C25H30FN5O3S/c1-2-3-10-34-11-4-9-29-23(32)16-31-15-21(12-20-13-27-18-28-14-20)24(33)30-25(31)35-17-19-5-7-22(26)8-6-19/h5-8,13-15,18H,2-4,9-12,16-17H2,1H3,(H,29,32). The van der Waals surface area contributed by atoms with Crippen LogP contribution in [0.4, 0.5) is 4.39 Å². The number of halogens is 1. The highest BCUT2D eigenvalue weighted by Crippen LogP contribution is 2.21. The molecule has 3 rings (SSSR count). The van der Waals surface area contributed by atoms with E-state index in [1.165, 1.54) is 30.2 Å². The predicted molar refractivity (Wildman–Crippen MR) is 133 cm³/mol. The average Bonchev–Trinajstić information content (AvgIpc) is 2.86. The summed E-state index contributed by atoms with van der Waals surface area (Å²) in [6, 6.07) is 6.15. The van der Waals surface area contributed by atoms with Crippen LogP contribution in [0.15, 0.2) is 59.1 Å². The summed E-state index contributed by atoms with van der Waals surface area (Å²) in [6.45, 7) is 3.97. The molecule has 2 heterocycles. The number of aromatic nitrogens is 4. The third-order valence-corrected chi connectivity index (χ3v) is 6.12. The summed E-state index contributed by atoms with van der Waals surface area (Å²) < 4.78 is 20.4. The first kappa shape index (κ1) is 26.5. The number of thioether (sulfide) groups is 1.